The Balaban J connectivity index is 2.00. The summed E-state index contributed by atoms with van der Waals surface area (Å²) in [6.07, 6.45) is 2.32. The van der Waals surface area contributed by atoms with Crippen LogP contribution in [-0.4, -0.2) is 29.6 Å². The molecule has 2 heterocycles. The largest absolute Gasteiger partial charge is 0.346 e. The molecular formula is C10H16N2S2. The van der Waals surface area contributed by atoms with Gasteiger partial charge in [0.25, 0.3) is 0 Å². The second-order valence-corrected chi connectivity index (χ2v) is 5.53. The van der Waals surface area contributed by atoms with Crippen molar-refractivity contribution in [2.24, 2.45) is 0 Å². The topological polar surface area (TPSA) is 16.1 Å². The second kappa shape index (κ2) is 5.03. The number of rotatable bonds is 3. The van der Waals surface area contributed by atoms with Crippen LogP contribution >= 0.6 is 23.1 Å². The van der Waals surface area contributed by atoms with Crippen molar-refractivity contribution in [2.45, 2.75) is 19.8 Å². The summed E-state index contributed by atoms with van der Waals surface area (Å²) in [6.45, 7) is 4.55. The molecule has 1 aliphatic heterocycles. The van der Waals surface area contributed by atoms with Crippen molar-refractivity contribution >= 4 is 28.2 Å². The molecule has 1 aromatic rings. The van der Waals surface area contributed by atoms with E-state index in [9.17, 15) is 0 Å². The van der Waals surface area contributed by atoms with Crippen LogP contribution < -0.4 is 4.90 Å². The quantitative estimate of drug-likeness (QED) is 0.791. The van der Waals surface area contributed by atoms with Crippen molar-refractivity contribution in [3.8, 4) is 0 Å². The van der Waals surface area contributed by atoms with Crippen molar-refractivity contribution < 1.29 is 0 Å². The van der Waals surface area contributed by atoms with Crippen LogP contribution in [0.15, 0.2) is 5.38 Å². The Bertz CT molecular complexity index is 279. The zero-order valence-corrected chi connectivity index (χ0v) is 10.2. The molecule has 4 heteroatoms. The number of nitrogens with zero attached hydrogens (tertiary/aromatic N) is 2. The van der Waals surface area contributed by atoms with Gasteiger partial charge in [-0.05, 0) is 6.42 Å². The summed E-state index contributed by atoms with van der Waals surface area (Å²) in [5.41, 5.74) is 1.27. The monoisotopic (exact) mass is 228 g/mol. The molecule has 0 bridgehead atoms. The Morgan fingerprint density at radius 3 is 2.93 bits per heavy atom. The van der Waals surface area contributed by atoms with Crippen molar-refractivity contribution in [1.82, 2.24) is 4.98 Å². The molecule has 2 rings (SSSR count). The van der Waals surface area contributed by atoms with Gasteiger partial charge in [-0.25, -0.2) is 4.98 Å². The highest BCUT2D eigenvalue weighted by molar-refractivity contribution is 7.99. The van der Waals surface area contributed by atoms with E-state index in [4.69, 9.17) is 0 Å². The van der Waals surface area contributed by atoms with E-state index in [1.54, 1.807) is 11.3 Å². The minimum atomic E-state index is 1.12. The van der Waals surface area contributed by atoms with Crippen LogP contribution in [0.25, 0.3) is 0 Å². The van der Waals surface area contributed by atoms with Gasteiger partial charge in [0, 0.05) is 30.0 Å². The molecule has 14 heavy (non-hydrogen) atoms. The lowest BCUT2D eigenvalue weighted by Crippen LogP contribution is -2.32. The standard InChI is InChI=1S/C10H16N2S2/c1-2-3-9-8-14-10(11-9)12-4-6-13-7-5-12/h8H,2-7H2,1H3. The average Bonchev–Trinajstić information content (AvgIpc) is 2.68. The molecule has 1 aliphatic rings. The highest BCUT2D eigenvalue weighted by Gasteiger charge is 2.13. The van der Waals surface area contributed by atoms with E-state index < -0.39 is 0 Å². The smallest absolute Gasteiger partial charge is 0.185 e. The lowest BCUT2D eigenvalue weighted by atomic mass is 10.3. The highest BCUT2D eigenvalue weighted by atomic mass is 32.2. The predicted molar refractivity (Wildman–Crippen MR) is 65.6 cm³/mol. The first-order valence-corrected chi connectivity index (χ1v) is 7.20. The SMILES string of the molecule is CCCc1csc(N2CCSCC2)n1. The molecule has 0 amide bonds. The van der Waals surface area contributed by atoms with Crippen molar-refractivity contribution in [2.75, 3.05) is 29.5 Å². The van der Waals surface area contributed by atoms with Gasteiger partial charge in [-0.15, -0.1) is 11.3 Å². The van der Waals surface area contributed by atoms with Crippen molar-refractivity contribution in [3.63, 3.8) is 0 Å². The molecule has 1 aromatic heterocycles. The van der Waals surface area contributed by atoms with Gasteiger partial charge in [-0.3, -0.25) is 0 Å². The molecule has 0 spiro atoms. The zero-order chi connectivity index (χ0) is 9.80. The predicted octanol–water partition coefficient (Wildman–Crippen LogP) is 2.65. The number of thiazole rings is 1. The van der Waals surface area contributed by atoms with Crippen molar-refractivity contribution in [3.05, 3.63) is 11.1 Å². The number of thioether (sulfide) groups is 1. The van der Waals surface area contributed by atoms with Crippen molar-refractivity contribution in [1.29, 1.82) is 0 Å². The molecular weight excluding hydrogens is 212 g/mol. The Morgan fingerprint density at radius 1 is 1.43 bits per heavy atom. The second-order valence-electron chi connectivity index (χ2n) is 3.47. The third kappa shape index (κ3) is 2.42. The number of anilines is 1. The third-order valence-electron chi connectivity index (χ3n) is 2.33. The van der Waals surface area contributed by atoms with Gasteiger partial charge in [-0.1, -0.05) is 13.3 Å². The average molecular weight is 228 g/mol. The maximum Gasteiger partial charge on any atom is 0.185 e. The molecule has 0 N–H and O–H groups in total. The normalized spacial score (nSPS) is 17.4. The Hall–Kier alpha value is -0.220. The maximum atomic E-state index is 4.66. The number of aryl methyl sites for hydroxylation is 1. The van der Waals surface area contributed by atoms with Crippen LogP contribution in [-0.2, 0) is 6.42 Å². The van der Waals surface area contributed by atoms with E-state index in [2.05, 4.69) is 22.2 Å². The van der Waals surface area contributed by atoms with E-state index in [0.29, 0.717) is 0 Å². The summed E-state index contributed by atoms with van der Waals surface area (Å²) in [6, 6.07) is 0. The summed E-state index contributed by atoms with van der Waals surface area (Å²) >= 11 is 3.85. The Labute approximate surface area is 93.7 Å². The molecule has 1 fully saturated rings. The summed E-state index contributed by atoms with van der Waals surface area (Å²) in [5.74, 6) is 2.51. The minimum Gasteiger partial charge on any atom is -0.346 e. The lowest BCUT2D eigenvalue weighted by molar-refractivity contribution is 0.836. The molecule has 1 saturated heterocycles. The molecule has 0 saturated carbocycles. The molecule has 78 valence electrons. The summed E-state index contributed by atoms with van der Waals surface area (Å²) < 4.78 is 0. The van der Waals surface area contributed by atoms with Crippen LogP contribution in [0.5, 0.6) is 0 Å². The van der Waals surface area contributed by atoms with Crippen LogP contribution in [0.2, 0.25) is 0 Å². The molecule has 0 unspecified atom stereocenters. The van der Waals surface area contributed by atoms with Gasteiger partial charge in [-0.2, -0.15) is 11.8 Å². The molecule has 0 aromatic carbocycles. The number of hydrogen-bond acceptors (Lipinski definition) is 4. The van der Waals surface area contributed by atoms with Gasteiger partial charge >= 0.3 is 0 Å². The first-order chi connectivity index (χ1) is 6.90. The van der Waals surface area contributed by atoms with Crippen LogP contribution in [0.3, 0.4) is 0 Å². The zero-order valence-electron chi connectivity index (χ0n) is 8.53. The van der Waals surface area contributed by atoms with E-state index in [0.717, 1.165) is 6.42 Å². The third-order valence-corrected chi connectivity index (χ3v) is 4.22. The first kappa shape index (κ1) is 10.3. The fraction of sp³-hybridized carbons (Fsp3) is 0.700. The van der Waals surface area contributed by atoms with E-state index in [-0.39, 0.29) is 0 Å². The highest BCUT2D eigenvalue weighted by Crippen LogP contribution is 2.23. The Kier molecular flexibility index (Phi) is 3.70. The summed E-state index contributed by atoms with van der Waals surface area (Å²) in [5, 5.41) is 3.44. The fourth-order valence-corrected chi connectivity index (χ4v) is 3.38. The van der Waals surface area contributed by atoms with Crippen LogP contribution in [0.1, 0.15) is 19.0 Å². The molecule has 0 atom stereocenters. The first-order valence-electron chi connectivity index (χ1n) is 5.17. The van der Waals surface area contributed by atoms with E-state index in [1.165, 1.54) is 41.8 Å². The molecule has 0 aliphatic carbocycles. The summed E-state index contributed by atoms with van der Waals surface area (Å²) in [7, 11) is 0. The van der Waals surface area contributed by atoms with Gasteiger partial charge in [0.05, 0.1) is 5.69 Å². The number of aromatic nitrogens is 1. The fourth-order valence-electron chi connectivity index (χ4n) is 1.57. The van der Waals surface area contributed by atoms with Gasteiger partial charge in [0.1, 0.15) is 0 Å². The van der Waals surface area contributed by atoms with Gasteiger partial charge in [0.15, 0.2) is 5.13 Å². The maximum absolute atomic E-state index is 4.66. The minimum absolute atomic E-state index is 1.12. The van der Waals surface area contributed by atoms with E-state index >= 15 is 0 Å². The van der Waals surface area contributed by atoms with Gasteiger partial charge < -0.3 is 4.90 Å². The Morgan fingerprint density at radius 2 is 2.21 bits per heavy atom. The molecule has 0 radical (unpaired) electrons. The van der Waals surface area contributed by atoms with Gasteiger partial charge in [0.2, 0.25) is 0 Å². The van der Waals surface area contributed by atoms with E-state index in [1.807, 2.05) is 11.8 Å². The van der Waals surface area contributed by atoms with Crippen LogP contribution in [0.4, 0.5) is 5.13 Å². The number of hydrogen-bond donors (Lipinski definition) is 0. The lowest BCUT2D eigenvalue weighted by Gasteiger charge is -2.25. The summed E-state index contributed by atoms with van der Waals surface area (Å²) in [4.78, 5) is 7.08. The molecule has 2 nitrogen and oxygen atoms in total. The van der Waals surface area contributed by atoms with Crippen LogP contribution in [0, 0.1) is 0 Å².